The van der Waals surface area contributed by atoms with E-state index in [0.29, 0.717) is 33.3 Å². The van der Waals surface area contributed by atoms with E-state index in [9.17, 15) is 9.59 Å². The minimum absolute atomic E-state index is 0.0553. The Balaban J connectivity index is 1.66. The van der Waals surface area contributed by atoms with Crippen LogP contribution in [-0.4, -0.2) is 48.7 Å². The summed E-state index contributed by atoms with van der Waals surface area (Å²) in [4.78, 5) is 33.1. The number of halogens is 2. The number of aromatic amines is 1. The standard InChI is InChI=1S/C26H29Cl2N7O2/c1-25(2,3)11-10-20(15-6-8-16(9-7-15)22(36)29-24-31-33-34-32-24)35-23(37)21(30-26(35,4)5)17-12-18(27)14-19(28)13-17/h6-9,12-14,20H,10-11H2,1-5H3,(H2,29,31,32,33,34,36)/t20-/m1/s1. The number of hydrogen-bond acceptors (Lipinski definition) is 6. The average molecular weight is 542 g/mol. The summed E-state index contributed by atoms with van der Waals surface area (Å²) in [5.74, 6) is -0.464. The fourth-order valence-electron chi connectivity index (χ4n) is 4.40. The Kier molecular flexibility index (Phi) is 7.39. The number of aromatic nitrogens is 4. The molecule has 194 valence electrons. The van der Waals surface area contributed by atoms with E-state index >= 15 is 0 Å². The normalized spacial score (nSPS) is 16.0. The number of H-pyrrole nitrogens is 1. The maximum atomic E-state index is 13.9. The van der Waals surface area contributed by atoms with Crippen molar-refractivity contribution in [3.8, 4) is 0 Å². The average Bonchev–Trinajstić information content (AvgIpc) is 3.39. The van der Waals surface area contributed by atoms with Crippen molar-refractivity contribution in [3.63, 3.8) is 0 Å². The molecule has 0 unspecified atom stereocenters. The number of benzene rings is 2. The van der Waals surface area contributed by atoms with Gasteiger partial charge in [0, 0.05) is 21.2 Å². The molecule has 0 saturated heterocycles. The van der Waals surface area contributed by atoms with Gasteiger partial charge in [-0.1, -0.05) is 61.2 Å². The summed E-state index contributed by atoms with van der Waals surface area (Å²) in [5, 5.41) is 16.7. The number of nitrogens with zero attached hydrogens (tertiary/aromatic N) is 5. The lowest BCUT2D eigenvalue weighted by Gasteiger charge is -2.38. The largest absolute Gasteiger partial charge is 0.306 e. The van der Waals surface area contributed by atoms with Gasteiger partial charge < -0.3 is 4.90 Å². The first-order valence-corrected chi connectivity index (χ1v) is 12.6. The molecular formula is C26H29Cl2N7O2. The van der Waals surface area contributed by atoms with E-state index in [4.69, 9.17) is 28.2 Å². The zero-order valence-electron chi connectivity index (χ0n) is 21.3. The third-order valence-electron chi connectivity index (χ3n) is 6.14. The molecule has 11 heteroatoms. The molecule has 1 aliphatic rings. The number of hydrogen-bond donors (Lipinski definition) is 2. The van der Waals surface area contributed by atoms with E-state index in [1.807, 2.05) is 30.9 Å². The molecule has 4 rings (SSSR count). The summed E-state index contributed by atoms with van der Waals surface area (Å²) in [5.41, 5.74) is 1.49. The Bertz CT molecular complexity index is 1310. The summed E-state index contributed by atoms with van der Waals surface area (Å²) >= 11 is 12.4. The van der Waals surface area contributed by atoms with Gasteiger partial charge in [-0.25, -0.2) is 0 Å². The van der Waals surface area contributed by atoms with Crippen LogP contribution in [0.1, 0.15) is 75.0 Å². The Morgan fingerprint density at radius 3 is 2.32 bits per heavy atom. The van der Waals surface area contributed by atoms with Crippen LogP contribution in [0.5, 0.6) is 0 Å². The number of aliphatic imine (C=N–C) groups is 1. The smallest absolute Gasteiger partial charge is 0.275 e. The van der Waals surface area contributed by atoms with Crippen LogP contribution in [0.3, 0.4) is 0 Å². The SMILES string of the molecule is CC(C)(C)CC[C@H](c1ccc(C(=O)Nc2nn[nH]n2)cc1)N1C(=O)C(c2cc(Cl)cc(Cl)c2)=NC1(C)C. The molecule has 3 aromatic rings. The van der Waals surface area contributed by atoms with Gasteiger partial charge in [-0.2, -0.15) is 5.21 Å². The highest BCUT2D eigenvalue weighted by atomic mass is 35.5. The summed E-state index contributed by atoms with van der Waals surface area (Å²) < 4.78 is 0. The molecule has 0 bridgehead atoms. The Hall–Kier alpha value is -3.30. The number of carbonyl (C=O) groups excluding carboxylic acids is 2. The molecule has 2 N–H and O–H groups in total. The van der Waals surface area contributed by atoms with Crippen molar-refractivity contribution in [1.82, 2.24) is 25.5 Å². The Labute approximate surface area is 225 Å². The van der Waals surface area contributed by atoms with Gasteiger partial charge in [0.2, 0.25) is 0 Å². The minimum atomic E-state index is -0.807. The number of amides is 2. The Morgan fingerprint density at radius 1 is 1.11 bits per heavy atom. The number of rotatable bonds is 7. The molecule has 1 aromatic heterocycles. The van der Waals surface area contributed by atoms with Crippen LogP contribution in [0.15, 0.2) is 47.5 Å². The lowest BCUT2D eigenvalue weighted by Crippen LogP contribution is -2.45. The molecule has 0 spiro atoms. The van der Waals surface area contributed by atoms with Crippen LogP contribution >= 0.6 is 23.2 Å². The molecule has 0 radical (unpaired) electrons. The van der Waals surface area contributed by atoms with Crippen LogP contribution in [-0.2, 0) is 4.79 Å². The predicted molar refractivity (Wildman–Crippen MR) is 144 cm³/mol. The molecule has 9 nitrogen and oxygen atoms in total. The van der Waals surface area contributed by atoms with Crippen molar-refractivity contribution in [2.75, 3.05) is 5.32 Å². The van der Waals surface area contributed by atoms with Gasteiger partial charge in [0.05, 0.1) is 6.04 Å². The van der Waals surface area contributed by atoms with Crippen LogP contribution in [0.25, 0.3) is 0 Å². The lowest BCUT2D eigenvalue weighted by atomic mass is 9.86. The summed E-state index contributed by atoms with van der Waals surface area (Å²) in [7, 11) is 0. The molecule has 2 aromatic carbocycles. The first-order chi connectivity index (χ1) is 17.3. The number of nitrogens with one attached hydrogen (secondary N) is 2. The Morgan fingerprint density at radius 2 is 1.76 bits per heavy atom. The predicted octanol–water partition coefficient (Wildman–Crippen LogP) is 5.69. The minimum Gasteiger partial charge on any atom is -0.306 e. The third kappa shape index (κ3) is 6.17. The van der Waals surface area contributed by atoms with Gasteiger partial charge in [0.1, 0.15) is 11.4 Å². The zero-order chi connectivity index (χ0) is 27.0. The van der Waals surface area contributed by atoms with Crippen LogP contribution in [0.2, 0.25) is 10.0 Å². The number of carbonyl (C=O) groups is 2. The van der Waals surface area contributed by atoms with Gasteiger partial charge in [-0.3, -0.25) is 19.9 Å². The van der Waals surface area contributed by atoms with E-state index in [1.165, 1.54) is 0 Å². The quantitative estimate of drug-likeness (QED) is 0.398. The van der Waals surface area contributed by atoms with Gasteiger partial charge in [-0.15, -0.1) is 5.10 Å². The molecule has 0 aliphatic carbocycles. The van der Waals surface area contributed by atoms with Gasteiger partial charge >= 0.3 is 0 Å². The van der Waals surface area contributed by atoms with Crippen LogP contribution < -0.4 is 5.32 Å². The van der Waals surface area contributed by atoms with Gasteiger partial charge in [-0.05, 0) is 73.2 Å². The maximum Gasteiger partial charge on any atom is 0.275 e. The second kappa shape index (κ2) is 10.2. The van der Waals surface area contributed by atoms with Gasteiger partial charge in [0.25, 0.3) is 17.8 Å². The molecule has 37 heavy (non-hydrogen) atoms. The lowest BCUT2D eigenvalue weighted by molar-refractivity contribution is -0.130. The highest BCUT2D eigenvalue weighted by molar-refractivity contribution is 6.47. The third-order valence-corrected chi connectivity index (χ3v) is 6.58. The van der Waals surface area contributed by atoms with E-state index in [0.717, 1.165) is 12.0 Å². The zero-order valence-corrected chi connectivity index (χ0v) is 22.9. The van der Waals surface area contributed by atoms with E-state index in [1.54, 1.807) is 30.3 Å². The van der Waals surface area contributed by atoms with Crippen molar-refractivity contribution in [2.24, 2.45) is 10.4 Å². The van der Waals surface area contributed by atoms with Crippen LogP contribution in [0.4, 0.5) is 5.95 Å². The highest BCUT2D eigenvalue weighted by Crippen LogP contribution is 2.40. The second-order valence-electron chi connectivity index (χ2n) is 10.7. The summed E-state index contributed by atoms with van der Waals surface area (Å²) in [6.45, 7) is 10.3. The first kappa shape index (κ1) is 26.8. The van der Waals surface area contributed by atoms with Crippen molar-refractivity contribution in [3.05, 3.63) is 69.2 Å². The fraction of sp³-hybridized carbons (Fsp3) is 0.385. The maximum absolute atomic E-state index is 13.9. The molecule has 1 atom stereocenters. The van der Waals surface area contributed by atoms with Crippen molar-refractivity contribution < 1.29 is 9.59 Å². The van der Waals surface area contributed by atoms with E-state index < -0.39 is 5.66 Å². The molecule has 0 fully saturated rings. The van der Waals surface area contributed by atoms with Gasteiger partial charge in [0.15, 0.2) is 0 Å². The van der Waals surface area contributed by atoms with E-state index in [-0.39, 0.29) is 29.2 Å². The van der Waals surface area contributed by atoms with Crippen molar-refractivity contribution >= 4 is 46.7 Å². The molecule has 0 saturated carbocycles. The fourth-order valence-corrected chi connectivity index (χ4v) is 4.93. The van der Waals surface area contributed by atoms with Crippen molar-refractivity contribution in [2.45, 2.75) is 59.2 Å². The molecule has 1 aliphatic heterocycles. The monoisotopic (exact) mass is 541 g/mol. The molecule has 2 amide bonds. The first-order valence-electron chi connectivity index (χ1n) is 11.9. The summed E-state index contributed by atoms with van der Waals surface area (Å²) in [6.07, 6.45) is 1.59. The molecular weight excluding hydrogens is 513 g/mol. The summed E-state index contributed by atoms with van der Waals surface area (Å²) in [6, 6.07) is 11.9. The number of tetrazole rings is 1. The van der Waals surface area contributed by atoms with Crippen molar-refractivity contribution in [1.29, 1.82) is 0 Å². The molecule has 2 heterocycles. The van der Waals surface area contributed by atoms with E-state index in [2.05, 4.69) is 46.7 Å². The van der Waals surface area contributed by atoms with Crippen LogP contribution in [0, 0.1) is 5.41 Å². The number of anilines is 1. The second-order valence-corrected chi connectivity index (χ2v) is 11.6. The highest BCUT2D eigenvalue weighted by Gasteiger charge is 2.45. The topological polar surface area (TPSA) is 116 Å².